The Hall–Kier alpha value is -1.08. The fourth-order valence-electron chi connectivity index (χ4n) is 2.97. The van der Waals surface area contributed by atoms with Crippen LogP contribution in [0.1, 0.15) is 36.8 Å². The molecule has 7 heteroatoms. The van der Waals surface area contributed by atoms with Crippen LogP contribution in [0, 0.1) is 5.41 Å². The third-order valence-corrected chi connectivity index (χ3v) is 5.71. The van der Waals surface area contributed by atoms with Crippen molar-refractivity contribution in [3.8, 4) is 0 Å². The number of carboxylic acids is 1. The van der Waals surface area contributed by atoms with Crippen LogP contribution in [0.5, 0.6) is 0 Å². The van der Waals surface area contributed by atoms with Crippen LogP contribution in [-0.4, -0.2) is 61.6 Å². The SMILES string of the molecule is CC1(C)CSCC(N2CC(n3cc(C(=O)O)nn3)C2)C1. The number of hydrogen-bond donors (Lipinski definition) is 1. The molecule has 0 aromatic carbocycles. The van der Waals surface area contributed by atoms with Gasteiger partial charge in [0.25, 0.3) is 0 Å². The van der Waals surface area contributed by atoms with Gasteiger partial charge in [-0.3, -0.25) is 4.90 Å². The van der Waals surface area contributed by atoms with Crippen LogP contribution in [0.15, 0.2) is 6.20 Å². The monoisotopic (exact) mass is 296 g/mol. The van der Waals surface area contributed by atoms with Gasteiger partial charge in [0.05, 0.1) is 12.2 Å². The van der Waals surface area contributed by atoms with Gasteiger partial charge in [0.1, 0.15) is 0 Å². The smallest absolute Gasteiger partial charge is 0.358 e. The van der Waals surface area contributed by atoms with Gasteiger partial charge in [-0.2, -0.15) is 11.8 Å². The minimum absolute atomic E-state index is 0.0257. The normalized spacial score (nSPS) is 27.2. The maximum Gasteiger partial charge on any atom is 0.358 e. The first-order valence-electron chi connectivity index (χ1n) is 6.91. The van der Waals surface area contributed by atoms with E-state index in [-0.39, 0.29) is 11.7 Å². The van der Waals surface area contributed by atoms with Crippen molar-refractivity contribution in [2.24, 2.45) is 5.41 Å². The minimum atomic E-state index is -1.02. The van der Waals surface area contributed by atoms with Gasteiger partial charge in [-0.25, -0.2) is 9.48 Å². The van der Waals surface area contributed by atoms with Crippen LogP contribution in [0.3, 0.4) is 0 Å². The van der Waals surface area contributed by atoms with E-state index in [1.807, 2.05) is 11.8 Å². The van der Waals surface area contributed by atoms with E-state index in [1.165, 1.54) is 24.1 Å². The van der Waals surface area contributed by atoms with E-state index in [9.17, 15) is 4.79 Å². The topological polar surface area (TPSA) is 71.2 Å². The number of aromatic carboxylic acids is 1. The molecule has 1 unspecified atom stereocenters. The largest absolute Gasteiger partial charge is 0.476 e. The average Bonchev–Trinajstić information content (AvgIpc) is 2.75. The maximum atomic E-state index is 10.8. The molecule has 110 valence electrons. The first kappa shape index (κ1) is 13.9. The molecule has 1 aromatic heterocycles. The molecule has 6 nitrogen and oxygen atoms in total. The van der Waals surface area contributed by atoms with Crippen LogP contribution >= 0.6 is 11.8 Å². The van der Waals surface area contributed by atoms with Crippen molar-refractivity contribution in [2.75, 3.05) is 24.6 Å². The molecular formula is C13H20N4O2S. The fourth-order valence-corrected chi connectivity index (χ4v) is 4.36. The van der Waals surface area contributed by atoms with Gasteiger partial charge in [-0.15, -0.1) is 5.10 Å². The second kappa shape index (κ2) is 5.04. The number of thioether (sulfide) groups is 1. The van der Waals surface area contributed by atoms with E-state index in [4.69, 9.17) is 5.11 Å². The number of aromatic nitrogens is 3. The Morgan fingerprint density at radius 1 is 1.45 bits per heavy atom. The lowest BCUT2D eigenvalue weighted by Crippen LogP contribution is -2.55. The number of hydrogen-bond acceptors (Lipinski definition) is 5. The molecule has 0 aliphatic carbocycles. The second-order valence-corrected chi connectivity index (χ2v) is 7.56. The summed E-state index contributed by atoms with van der Waals surface area (Å²) >= 11 is 2.04. The third kappa shape index (κ3) is 2.69. The Morgan fingerprint density at radius 2 is 2.20 bits per heavy atom. The molecule has 2 aliphatic heterocycles. The molecule has 0 saturated carbocycles. The van der Waals surface area contributed by atoms with Crippen molar-refractivity contribution >= 4 is 17.7 Å². The van der Waals surface area contributed by atoms with Gasteiger partial charge >= 0.3 is 5.97 Å². The molecule has 0 bridgehead atoms. The van der Waals surface area contributed by atoms with Crippen molar-refractivity contribution < 1.29 is 9.90 Å². The molecule has 3 heterocycles. The van der Waals surface area contributed by atoms with E-state index in [0.29, 0.717) is 11.5 Å². The lowest BCUT2D eigenvalue weighted by Gasteiger charge is -2.48. The molecule has 2 saturated heterocycles. The maximum absolute atomic E-state index is 10.8. The first-order chi connectivity index (χ1) is 9.44. The van der Waals surface area contributed by atoms with Crippen molar-refractivity contribution in [1.82, 2.24) is 19.9 Å². The Kier molecular flexibility index (Phi) is 3.50. The highest BCUT2D eigenvalue weighted by Crippen LogP contribution is 2.38. The van der Waals surface area contributed by atoms with Gasteiger partial charge in [0.2, 0.25) is 0 Å². The summed E-state index contributed by atoms with van der Waals surface area (Å²) < 4.78 is 1.70. The molecule has 1 N–H and O–H groups in total. The zero-order valence-electron chi connectivity index (χ0n) is 11.8. The van der Waals surface area contributed by atoms with Crippen molar-refractivity contribution in [2.45, 2.75) is 32.4 Å². The second-order valence-electron chi connectivity index (χ2n) is 6.53. The predicted octanol–water partition coefficient (Wildman–Crippen LogP) is 1.36. The quantitative estimate of drug-likeness (QED) is 0.908. The summed E-state index contributed by atoms with van der Waals surface area (Å²) in [6.45, 7) is 6.56. The molecule has 1 atom stereocenters. The number of likely N-dealkylation sites (tertiary alicyclic amines) is 1. The number of carboxylic acid groups (broad SMARTS) is 1. The molecule has 0 amide bonds. The van der Waals surface area contributed by atoms with Gasteiger partial charge in [0, 0.05) is 24.9 Å². The Bertz CT molecular complexity index is 510. The Labute approximate surface area is 122 Å². The number of rotatable bonds is 3. The summed E-state index contributed by atoms with van der Waals surface area (Å²) in [6, 6.07) is 0.910. The summed E-state index contributed by atoms with van der Waals surface area (Å²) in [5.41, 5.74) is 0.445. The van der Waals surface area contributed by atoms with Gasteiger partial charge < -0.3 is 5.11 Å². The van der Waals surface area contributed by atoms with Crippen LogP contribution in [0.2, 0.25) is 0 Å². The standard InChI is InChI=1S/C13H20N4O2S/c1-13(2)3-9(7-20-8-13)16-4-10(5-16)17-6-11(12(18)19)14-15-17/h6,9-10H,3-5,7-8H2,1-2H3,(H,18,19). The minimum Gasteiger partial charge on any atom is -0.476 e. The zero-order valence-corrected chi connectivity index (χ0v) is 12.6. The number of carbonyl (C=O) groups is 1. The first-order valence-corrected chi connectivity index (χ1v) is 8.07. The molecule has 3 rings (SSSR count). The summed E-state index contributed by atoms with van der Waals surface area (Å²) in [6.07, 6.45) is 2.77. The van der Waals surface area contributed by atoms with Gasteiger partial charge in [0.15, 0.2) is 5.69 Å². The van der Waals surface area contributed by atoms with Gasteiger partial charge in [-0.1, -0.05) is 19.1 Å². The highest BCUT2D eigenvalue weighted by molar-refractivity contribution is 7.99. The van der Waals surface area contributed by atoms with Gasteiger partial charge in [-0.05, 0) is 17.6 Å². The molecule has 2 aliphatic rings. The highest BCUT2D eigenvalue weighted by atomic mass is 32.2. The summed E-state index contributed by atoms with van der Waals surface area (Å²) in [7, 11) is 0. The van der Waals surface area contributed by atoms with Crippen LogP contribution < -0.4 is 0 Å². The van der Waals surface area contributed by atoms with Crippen LogP contribution in [0.4, 0.5) is 0 Å². The van der Waals surface area contributed by atoms with Crippen molar-refractivity contribution in [1.29, 1.82) is 0 Å². The third-order valence-electron chi connectivity index (χ3n) is 4.10. The lowest BCUT2D eigenvalue weighted by molar-refractivity contribution is 0.0416. The predicted molar refractivity (Wildman–Crippen MR) is 77.1 cm³/mol. The summed E-state index contributed by atoms with van der Waals surface area (Å²) in [5, 5.41) is 16.4. The average molecular weight is 296 g/mol. The highest BCUT2D eigenvalue weighted by Gasteiger charge is 2.38. The zero-order chi connectivity index (χ0) is 14.3. The van der Waals surface area contributed by atoms with E-state index in [2.05, 4.69) is 29.1 Å². The number of nitrogens with zero attached hydrogens (tertiary/aromatic N) is 4. The Balaban J connectivity index is 1.56. The molecule has 0 spiro atoms. The molecule has 2 fully saturated rings. The van der Waals surface area contributed by atoms with Crippen molar-refractivity contribution in [3.05, 3.63) is 11.9 Å². The van der Waals surface area contributed by atoms with E-state index < -0.39 is 5.97 Å². The van der Waals surface area contributed by atoms with E-state index >= 15 is 0 Å². The summed E-state index contributed by atoms with van der Waals surface area (Å²) in [5.74, 6) is 1.43. The molecule has 0 radical (unpaired) electrons. The Morgan fingerprint density at radius 3 is 2.80 bits per heavy atom. The molecular weight excluding hydrogens is 276 g/mol. The summed E-state index contributed by atoms with van der Waals surface area (Å²) in [4.78, 5) is 13.3. The van der Waals surface area contributed by atoms with Crippen LogP contribution in [-0.2, 0) is 0 Å². The van der Waals surface area contributed by atoms with E-state index in [1.54, 1.807) is 4.68 Å². The van der Waals surface area contributed by atoms with E-state index in [0.717, 1.165) is 13.1 Å². The molecule has 20 heavy (non-hydrogen) atoms. The van der Waals surface area contributed by atoms with Crippen molar-refractivity contribution in [3.63, 3.8) is 0 Å². The lowest BCUT2D eigenvalue weighted by atomic mass is 9.86. The van der Waals surface area contributed by atoms with Crippen LogP contribution in [0.25, 0.3) is 0 Å². The fraction of sp³-hybridized carbons (Fsp3) is 0.769. The molecule has 1 aromatic rings.